The van der Waals surface area contributed by atoms with Crippen molar-refractivity contribution in [3.63, 3.8) is 0 Å². The molecule has 0 aromatic carbocycles. The van der Waals surface area contributed by atoms with Gasteiger partial charge >= 0.3 is 0 Å². The lowest BCUT2D eigenvalue weighted by molar-refractivity contribution is -0.134. The Hall–Kier alpha value is -3.52. The molecule has 198 valence electrons. The number of carbonyl (C=O) groups excluding carboxylic acids is 1. The molecule has 2 bridgehead atoms. The van der Waals surface area contributed by atoms with E-state index >= 15 is 0 Å². The van der Waals surface area contributed by atoms with Gasteiger partial charge in [0.2, 0.25) is 0 Å². The van der Waals surface area contributed by atoms with Gasteiger partial charge in [-0.2, -0.15) is 10.4 Å². The van der Waals surface area contributed by atoms with Gasteiger partial charge in [-0.15, -0.1) is 0 Å². The van der Waals surface area contributed by atoms with Crippen LogP contribution in [0.1, 0.15) is 38.7 Å². The number of nitrogens with zero attached hydrogens (tertiary/aromatic N) is 6. The van der Waals surface area contributed by atoms with Crippen LogP contribution < -0.4 is 9.64 Å². The number of pyridine rings is 2. The number of aromatic nitrogens is 3. The van der Waals surface area contributed by atoms with Gasteiger partial charge in [0.05, 0.1) is 29.1 Å². The van der Waals surface area contributed by atoms with Gasteiger partial charge < -0.3 is 24.3 Å². The van der Waals surface area contributed by atoms with Gasteiger partial charge in [0.25, 0.3) is 0 Å². The average Bonchev–Trinajstić information content (AvgIpc) is 3.57. The zero-order chi connectivity index (χ0) is 26.5. The highest BCUT2D eigenvalue weighted by Crippen LogP contribution is 2.38. The third kappa shape index (κ3) is 4.51. The quantitative estimate of drug-likeness (QED) is 0.451. The van der Waals surface area contributed by atoms with Gasteiger partial charge in [-0.3, -0.25) is 4.90 Å². The van der Waals surface area contributed by atoms with Crippen molar-refractivity contribution in [1.82, 2.24) is 19.5 Å². The van der Waals surface area contributed by atoms with Crippen LogP contribution in [0.25, 0.3) is 16.6 Å². The second-order valence-electron chi connectivity index (χ2n) is 11.3. The van der Waals surface area contributed by atoms with E-state index in [1.165, 1.54) is 6.20 Å². The molecule has 3 atom stereocenters. The number of nitriles is 1. The molecule has 0 aliphatic carbocycles. The summed E-state index contributed by atoms with van der Waals surface area (Å²) >= 11 is 0. The van der Waals surface area contributed by atoms with Crippen molar-refractivity contribution in [3.05, 3.63) is 42.4 Å². The van der Waals surface area contributed by atoms with Crippen LogP contribution in [0.15, 0.2) is 36.8 Å². The van der Waals surface area contributed by atoms with Crippen molar-refractivity contribution < 1.29 is 19.4 Å². The summed E-state index contributed by atoms with van der Waals surface area (Å²) in [5.74, 6) is 1.45. The molecular formula is C28H32N6O4. The maximum atomic E-state index is 11.8. The van der Waals surface area contributed by atoms with E-state index in [-0.39, 0.29) is 6.61 Å². The lowest BCUT2D eigenvalue weighted by Gasteiger charge is -2.58. The fraction of sp³-hybridized carbons (Fsp3) is 0.500. The first-order valence-corrected chi connectivity index (χ1v) is 13.1. The largest absolute Gasteiger partial charge is 0.489 e. The van der Waals surface area contributed by atoms with Crippen molar-refractivity contribution in [2.24, 2.45) is 0 Å². The number of anilines is 1. The lowest BCUT2D eigenvalue weighted by atomic mass is 9.85. The van der Waals surface area contributed by atoms with Crippen LogP contribution in [0.5, 0.6) is 5.75 Å². The van der Waals surface area contributed by atoms with Crippen LogP contribution in [0.2, 0.25) is 0 Å². The van der Waals surface area contributed by atoms with E-state index in [0.717, 1.165) is 55.6 Å². The molecule has 3 aromatic heterocycles. The Bertz CT molecular complexity index is 1370. The van der Waals surface area contributed by atoms with Gasteiger partial charge in [0.15, 0.2) is 6.29 Å². The van der Waals surface area contributed by atoms with Crippen LogP contribution in [0, 0.1) is 11.3 Å². The predicted octanol–water partition coefficient (Wildman–Crippen LogP) is 2.43. The first kappa shape index (κ1) is 24.8. The normalized spacial score (nSPS) is 25.3. The molecule has 4 fully saturated rings. The number of hydrogen-bond donors (Lipinski definition) is 1. The summed E-state index contributed by atoms with van der Waals surface area (Å²) in [7, 11) is 0. The molecule has 1 N–H and O–H groups in total. The molecule has 10 heteroatoms. The molecule has 3 unspecified atom stereocenters. The van der Waals surface area contributed by atoms with Crippen molar-refractivity contribution in [2.45, 2.75) is 56.4 Å². The number of ether oxygens (including phenoxy) is 2. The van der Waals surface area contributed by atoms with E-state index in [2.05, 4.69) is 21.0 Å². The van der Waals surface area contributed by atoms with E-state index in [1.54, 1.807) is 24.6 Å². The zero-order valence-corrected chi connectivity index (χ0v) is 21.7. The second-order valence-corrected chi connectivity index (χ2v) is 11.3. The third-order valence-electron chi connectivity index (χ3n) is 7.83. The standard InChI is InChI=1S/C28H32N6O4/c1-27(2,36)18-37-23-9-24(26-20(10-29)12-31-34(26)15-23)19-4-5-25(30-11-19)32-13-21-8-22(14-32)33(21)16-28(17-35)6-3-7-38-28/h4-5,9,11-12,15,17,21-22,36H,3,6-8,13-14,16,18H2,1-2H3. The molecule has 7 rings (SSSR count). The summed E-state index contributed by atoms with van der Waals surface area (Å²) in [6, 6.07) is 8.89. The smallest absolute Gasteiger partial charge is 0.153 e. The molecule has 4 aliphatic heterocycles. The van der Waals surface area contributed by atoms with Gasteiger partial charge in [0.1, 0.15) is 29.8 Å². The predicted molar refractivity (Wildman–Crippen MR) is 140 cm³/mol. The van der Waals surface area contributed by atoms with Crippen molar-refractivity contribution in [1.29, 1.82) is 5.26 Å². The molecule has 10 nitrogen and oxygen atoms in total. The molecule has 3 aromatic rings. The van der Waals surface area contributed by atoms with Crippen molar-refractivity contribution in [2.75, 3.05) is 37.7 Å². The third-order valence-corrected chi connectivity index (χ3v) is 7.83. The first-order chi connectivity index (χ1) is 18.3. The van der Waals surface area contributed by atoms with E-state index in [4.69, 9.17) is 14.5 Å². The summed E-state index contributed by atoms with van der Waals surface area (Å²) in [4.78, 5) is 21.3. The molecule has 0 saturated carbocycles. The fourth-order valence-electron chi connectivity index (χ4n) is 5.89. The number of piperidine rings is 1. The Morgan fingerprint density at radius 3 is 2.76 bits per heavy atom. The molecular weight excluding hydrogens is 484 g/mol. The zero-order valence-electron chi connectivity index (χ0n) is 21.7. The van der Waals surface area contributed by atoms with E-state index in [0.29, 0.717) is 42.1 Å². The monoisotopic (exact) mass is 516 g/mol. The van der Waals surface area contributed by atoms with Gasteiger partial charge in [-0.25, -0.2) is 9.50 Å². The molecule has 7 heterocycles. The SMILES string of the molecule is CC(C)(O)COc1cc(-c2ccc(N3CC4CC(C3)N4CC3(C=O)CCCO3)nc2)c2c(C#N)cnn2c1. The Balaban J connectivity index is 1.21. The number of hydrogen-bond acceptors (Lipinski definition) is 9. The lowest BCUT2D eigenvalue weighted by Crippen LogP contribution is -2.71. The summed E-state index contributed by atoms with van der Waals surface area (Å²) in [6.07, 6.45) is 8.97. The van der Waals surface area contributed by atoms with Crippen LogP contribution in [-0.2, 0) is 9.53 Å². The second kappa shape index (κ2) is 9.34. The van der Waals surface area contributed by atoms with E-state index in [9.17, 15) is 15.2 Å². The Morgan fingerprint density at radius 1 is 1.32 bits per heavy atom. The summed E-state index contributed by atoms with van der Waals surface area (Å²) < 4.78 is 13.3. The highest BCUT2D eigenvalue weighted by molar-refractivity contribution is 5.85. The Labute approximate surface area is 221 Å². The number of rotatable bonds is 8. The number of piperazine rings is 1. The maximum Gasteiger partial charge on any atom is 0.153 e. The summed E-state index contributed by atoms with van der Waals surface area (Å²) in [5.41, 5.74) is 1.17. The Morgan fingerprint density at radius 2 is 2.13 bits per heavy atom. The molecule has 38 heavy (non-hydrogen) atoms. The van der Waals surface area contributed by atoms with Crippen LogP contribution >= 0.6 is 0 Å². The summed E-state index contributed by atoms with van der Waals surface area (Å²) in [6.45, 7) is 6.57. The topological polar surface area (TPSA) is 116 Å². The maximum absolute atomic E-state index is 11.8. The fourth-order valence-corrected chi connectivity index (χ4v) is 5.89. The highest BCUT2D eigenvalue weighted by atomic mass is 16.5. The molecule has 0 amide bonds. The van der Waals surface area contributed by atoms with E-state index < -0.39 is 11.2 Å². The Kier molecular flexibility index (Phi) is 6.10. The number of fused-ring (bicyclic) bond motifs is 3. The molecule has 0 spiro atoms. The van der Waals surface area contributed by atoms with Gasteiger partial charge in [-0.05, 0) is 51.3 Å². The van der Waals surface area contributed by atoms with Crippen molar-refractivity contribution in [3.8, 4) is 22.9 Å². The summed E-state index contributed by atoms with van der Waals surface area (Å²) in [5, 5.41) is 24.0. The number of aldehydes is 1. The highest BCUT2D eigenvalue weighted by Gasteiger charge is 2.49. The molecule has 0 radical (unpaired) electrons. The number of aliphatic hydroxyl groups is 1. The van der Waals surface area contributed by atoms with E-state index in [1.807, 2.05) is 24.4 Å². The average molecular weight is 517 g/mol. The first-order valence-electron chi connectivity index (χ1n) is 13.1. The number of carbonyl (C=O) groups is 1. The van der Waals surface area contributed by atoms with Gasteiger partial charge in [-0.1, -0.05) is 0 Å². The van der Waals surface area contributed by atoms with Crippen LogP contribution in [-0.4, -0.2) is 87.0 Å². The van der Waals surface area contributed by atoms with Crippen LogP contribution in [0.4, 0.5) is 5.82 Å². The van der Waals surface area contributed by atoms with Gasteiger partial charge in [0, 0.05) is 55.6 Å². The van der Waals surface area contributed by atoms with Crippen LogP contribution in [0.3, 0.4) is 0 Å². The minimum Gasteiger partial charge on any atom is -0.489 e. The minimum atomic E-state index is -0.983. The molecule has 4 aliphatic rings. The minimum absolute atomic E-state index is 0.121. The molecule has 4 saturated heterocycles. The van der Waals surface area contributed by atoms with Crippen molar-refractivity contribution >= 4 is 17.6 Å².